The highest BCUT2D eigenvalue weighted by Gasteiger charge is 1.98. The zero-order valence-corrected chi connectivity index (χ0v) is 7.72. The predicted octanol–water partition coefficient (Wildman–Crippen LogP) is 1.74. The van der Waals surface area contributed by atoms with E-state index < -0.39 is 0 Å². The van der Waals surface area contributed by atoms with Crippen molar-refractivity contribution in [3.05, 3.63) is 34.2 Å². The van der Waals surface area contributed by atoms with Crippen LogP contribution >= 0.6 is 0 Å². The van der Waals surface area contributed by atoms with Crippen LogP contribution in [0.1, 0.15) is 25.3 Å². The first-order valence-corrected chi connectivity index (χ1v) is 4.54. The van der Waals surface area contributed by atoms with Crippen molar-refractivity contribution in [2.24, 2.45) is 0 Å². The van der Waals surface area contributed by atoms with Crippen molar-refractivity contribution in [3.63, 3.8) is 0 Å². The molecule has 0 fully saturated rings. The molecule has 0 radical (unpaired) electrons. The summed E-state index contributed by atoms with van der Waals surface area (Å²) < 4.78 is 0. The summed E-state index contributed by atoms with van der Waals surface area (Å²) in [5.74, 6) is 0. The Hall–Kier alpha value is -1.04. The van der Waals surface area contributed by atoms with Gasteiger partial charge in [0.2, 0.25) is 0 Å². The van der Waals surface area contributed by atoms with E-state index in [1.54, 1.807) is 0 Å². The molecule has 1 aliphatic rings. The Morgan fingerprint density at radius 3 is 2.83 bits per heavy atom. The molecule has 0 heterocycles. The third-order valence-corrected chi connectivity index (χ3v) is 2.55. The molecule has 0 saturated heterocycles. The molecule has 0 heteroatoms. The molecule has 0 atom stereocenters. The number of fused-ring (bicyclic) bond motifs is 1. The lowest BCUT2D eigenvalue weighted by atomic mass is 10.00. The summed E-state index contributed by atoms with van der Waals surface area (Å²) in [7, 11) is 0. The molecule has 0 spiro atoms. The Morgan fingerprint density at radius 1 is 1.17 bits per heavy atom. The molecule has 0 nitrogen and oxygen atoms in total. The van der Waals surface area contributed by atoms with E-state index in [4.69, 9.17) is 0 Å². The summed E-state index contributed by atoms with van der Waals surface area (Å²) in [5.41, 5.74) is 2.90. The summed E-state index contributed by atoms with van der Waals surface area (Å²) >= 11 is 0. The van der Waals surface area contributed by atoms with Gasteiger partial charge in [0.1, 0.15) is 0 Å². The van der Waals surface area contributed by atoms with Crippen molar-refractivity contribution in [3.8, 4) is 0 Å². The molecule has 62 valence electrons. The molecule has 0 bridgehead atoms. The maximum Gasteiger partial charge on any atom is -0.0198 e. The second kappa shape index (κ2) is 2.78. The summed E-state index contributed by atoms with van der Waals surface area (Å²) in [6.45, 7) is 4.39. The Kier molecular flexibility index (Phi) is 1.76. The molecular weight excluding hydrogens is 144 g/mol. The number of hydrogen-bond acceptors (Lipinski definition) is 0. The molecule has 0 N–H and O–H groups in total. The van der Waals surface area contributed by atoms with E-state index in [0.29, 0.717) is 0 Å². The Labute approximate surface area is 73.2 Å². The highest BCUT2D eigenvalue weighted by atomic mass is 14.0. The topological polar surface area (TPSA) is 0 Å². The number of benzene rings is 1. The molecule has 0 unspecified atom stereocenters. The lowest BCUT2D eigenvalue weighted by Crippen LogP contribution is -2.28. The summed E-state index contributed by atoms with van der Waals surface area (Å²) in [6, 6.07) is 6.72. The van der Waals surface area contributed by atoms with Crippen molar-refractivity contribution >= 4 is 11.6 Å². The van der Waals surface area contributed by atoms with Crippen LogP contribution in [0.2, 0.25) is 0 Å². The van der Waals surface area contributed by atoms with Crippen LogP contribution in [0, 0.1) is 6.92 Å². The zero-order chi connectivity index (χ0) is 8.55. The van der Waals surface area contributed by atoms with E-state index >= 15 is 0 Å². The van der Waals surface area contributed by atoms with E-state index in [9.17, 15) is 0 Å². The first-order valence-electron chi connectivity index (χ1n) is 4.54. The van der Waals surface area contributed by atoms with Crippen LogP contribution < -0.4 is 10.4 Å². The van der Waals surface area contributed by atoms with Crippen LogP contribution in [-0.2, 0) is 0 Å². The molecule has 1 aromatic carbocycles. The fourth-order valence-electron chi connectivity index (χ4n) is 1.82. The third kappa shape index (κ3) is 1.18. The SMILES string of the molecule is CC1=c2ccc(C)cc2=CCC1. The maximum absolute atomic E-state index is 2.34. The van der Waals surface area contributed by atoms with E-state index in [1.165, 1.54) is 34.4 Å². The Balaban J connectivity index is 2.85. The average Bonchev–Trinajstić information content (AvgIpc) is 2.04. The molecule has 0 saturated carbocycles. The van der Waals surface area contributed by atoms with Crippen molar-refractivity contribution in [2.45, 2.75) is 26.7 Å². The van der Waals surface area contributed by atoms with Gasteiger partial charge in [0, 0.05) is 0 Å². The molecule has 0 aromatic heterocycles. The maximum atomic E-state index is 2.34. The van der Waals surface area contributed by atoms with Gasteiger partial charge in [-0.15, -0.1) is 0 Å². The van der Waals surface area contributed by atoms with Crippen LogP contribution in [0.4, 0.5) is 0 Å². The highest BCUT2D eigenvalue weighted by Crippen LogP contribution is 2.06. The Bertz CT molecular complexity index is 410. The van der Waals surface area contributed by atoms with E-state index in [2.05, 4.69) is 38.1 Å². The largest absolute Gasteiger partial charge is 0.0763 e. The molecule has 0 amide bonds. The molecular formula is C12H14. The monoisotopic (exact) mass is 158 g/mol. The van der Waals surface area contributed by atoms with Crippen LogP contribution in [0.25, 0.3) is 11.6 Å². The van der Waals surface area contributed by atoms with Gasteiger partial charge in [-0.1, -0.05) is 35.4 Å². The van der Waals surface area contributed by atoms with Crippen LogP contribution in [0.5, 0.6) is 0 Å². The van der Waals surface area contributed by atoms with E-state index in [0.717, 1.165) is 0 Å². The van der Waals surface area contributed by atoms with Crippen molar-refractivity contribution < 1.29 is 0 Å². The van der Waals surface area contributed by atoms with Gasteiger partial charge in [0.15, 0.2) is 0 Å². The number of aryl methyl sites for hydroxylation is 1. The zero-order valence-electron chi connectivity index (χ0n) is 7.72. The summed E-state index contributed by atoms with van der Waals surface area (Å²) in [5, 5.41) is 2.88. The van der Waals surface area contributed by atoms with Crippen molar-refractivity contribution in [2.75, 3.05) is 0 Å². The first-order chi connectivity index (χ1) is 5.77. The minimum Gasteiger partial charge on any atom is -0.0763 e. The van der Waals surface area contributed by atoms with Gasteiger partial charge >= 0.3 is 0 Å². The van der Waals surface area contributed by atoms with Gasteiger partial charge < -0.3 is 0 Å². The second-order valence-electron chi connectivity index (χ2n) is 3.61. The third-order valence-electron chi connectivity index (χ3n) is 2.55. The molecule has 0 aliphatic heterocycles. The smallest absolute Gasteiger partial charge is 0.0198 e. The Morgan fingerprint density at radius 2 is 2.00 bits per heavy atom. The standard InChI is InChI=1S/C12H14/c1-9-6-7-12-10(2)4-3-5-11(12)8-9/h5-8H,3-4H2,1-2H3. The van der Waals surface area contributed by atoms with Gasteiger partial charge in [-0.3, -0.25) is 0 Å². The first kappa shape index (κ1) is 7.60. The molecule has 1 aliphatic carbocycles. The predicted molar refractivity (Wildman–Crippen MR) is 53.2 cm³/mol. The van der Waals surface area contributed by atoms with Gasteiger partial charge in [-0.2, -0.15) is 0 Å². The summed E-state index contributed by atoms with van der Waals surface area (Å²) in [4.78, 5) is 0. The minimum absolute atomic E-state index is 1.21. The van der Waals surface area contributed by atoms with Crippen LogP contribution in [-0.4, -0.2) is 0 Å². The van der Waals surface area contributed by atoms with Gasteiger partial charge in [0.25, 0.3) is 0 Å². The van der Waals surface area contributed by atoms with E-state index in [1.807, 2.05) is 0 Å². The van der Waals surface area contributed by atoms with Crippen LogP contribution in [0.15, 0.2) is 18.2 Å². The fraction of sp³-hybridized carbons (Fsp3) is 0.333. The number of hydrogen-bond donors (Lipinski definition) is 0. The summed E-state index contributed by atoms with van der Waals surface area (Å²) in [6.07, 6.45) is 4.79. The van der Waals surface area contributed by atoms with Crippen molar-refractivity contribution in [1.82, 2.24) is 0 Å². The van der Waals surface area contributed by atoms with Gasteiger partial charge in [-0.25, -0.2) is 0 Å². The molecule has 2 rings (SSSR count). The van der Waals surface area contributed by atoms with Gasteiger partial charge in [0.05, 0.1) is 0 Å². The quantitative estimate of drug-likeness (QED) is 0.539. The highest BCUT2D eigenvalue weighted by molar-refractivity contribution is 5.49. The lowest BCUT2D eigenvalue weighted by molar-refractivity contribution is 1.06. The average molecular weight is 158 g/mol. The molecule has 1 aromatic rings. The fourth-order valence-corrected chi connectivity index (χ4v) is 1.82. The minimum atomic E-state index is 1.21. The van der Waals surface area contributed by atoms with Crippen molar-refractivity contribution in [1.29, 1.82) is 0 Å². The number of rotatable bonds is 0. The lowest BCUT2D eigenvalue weighted by Gasteiger charge is -2.06. The van der Waals surface area contributed by atoms with E-state index in [-0.39, 0.29) is 0 Å². The van der Waals surface area contributed by atoms with Crippen LogP contribution in [0.3, 0.4) is 0 Å². The second-order valence-corrected chi connectivity index (χ2v) is 3.61. The van der Waals surface area contributed by atoms with Gasteiger partial charge in [-0.05, 0) is 37.1 Å². The normalized spacial score (nSPS) is 15.3. The molecule has 12 heavy (non-hydrogen) atoms.